The van der Waals surface area contributed by atoms with Crippen LogP contribution in [0.5, 0.6) is 0 Å². The summed E-state index contributed by atoms with van der Waals surface area (Å²) in [6, 6.07) is 0. The van der Waals surface area contributed by atoms with E-state index in [0.29, 0.717) is 13.1 Å². The van der Waals surface area contributed by atoms with Gasteiger partial charge in [-0.25, -0.2) is 4.79 Å². The van der Waals surface area contributed by atoms with Crippen molar-refractivity contribution in [2.45, 2.75) is 52.7 Å². The van der Waals surface area contributed by atoms with Crippen LogP contribution in [-0.4, -0.2) is 45.0 Å². The topological polar surface area (TPSA) is 59.4 Å². The largest absolute Gasteiger partial charge is 0.444 e. The van der Waals surface area contributed by atoms with Crippen molar-refractivity contribution in [2.75, 3.05) is 18.4 Å². The second kappa shape index (κ2) is 6.37. The van der Waals surface area contributed by atoms with Crippen LogP contribution in [0.3, 0.4) is 0 Å². The summed E-state index contributed by atoms with van der Waals surface area (Å²) in [6.45, 7) is 12.8. The molecular formula is C15H28N4O2. The van der Waals surface area contributed by atoms with Crippen molar-refractivity contribution in [2.24, 2.45) is 7.05 Å². The Balaban J connectivity index is 2.60. The Hall–Kier alpha value is -1.72. The van der Waals surface area contributed by atoms with Crippen LogP contribution in [-0.2, 0) is 11.8 Å². The monoisotopic (exact) mass is 296 g/mol. The van der Waals surface area contributed by atoms with E-state index in [1.807, 2.05) is 54.8 Å². The van der Waals surface area contributed by atoms with E-state index in [-0.39, 0.29) is 11.6 Å². The zero-order valence-electron chi connectivity index (χ0n) is 14.2. The highest BCUT2D eigenvalue weighted by atomic mass is 16.6. The van der Waals surface area contributed by atoms with Crippen LogP contribution in [0, 0.1) is 0 Å². The van der Waals surface area contributed by atoms with E-state index in [2.05, 4.69) is 10.4 Å². The molecule has 1 heterocycles. The van der Waals surface area contributed by atoms with Gasteiger partial charge in [0.1, 0.15) is 5.60 Å². The Bertz CT molecular complexity index is 469. The van der Waals surface area contributed by atoms with Gasteiger partial charge in [0, 0.05) is 31.9 Å². The van der Waals surface area contributed by atoms with Crippen molar-refractivity contribution >= 4 is 11.8 Å². The van der Waals surface area contributed by atoms with Crippen molar-refractivity contribution in [3.05, 3.63) is 12.4 Å². The van der Waals surface area contributed by atoms with Crippen LogP contribution >= 0.6 is 0 Å². The lowest BCUT2D eigenvalue weighted by atomic mass is 10.1. The molecule has 1 aromatic rings. The molecule has 1 amide bonds. The van der Waals surface area contributed by atoms with E-state index in [0.717, 1.165) is 5.69 Å². The van der Waals surface area contributed by atoms with E-state index in [9.17, 15) is 4.79 Å². The fourth-order valence-corrected chi connectivity index (χ4v) is 1.84. The molecule has 0 atom stereocenters. The molecule has 0 aliphatic heterocycles. The molecule has 0 aromatic carbocycles. The molecule has 1 N–H and O–H groups in total. The van der Waals surface area contributed by atoms with Crippen LogP contribution in [0.25, 0.3) is 0 Å². The van der Waals surface area contributed by atoms with E-state index < -0.39 is 5.60 Å². The molecule has 0 radical (unpaired) electrons. The van der Waals surface area contributed by atoms with Crippen LogP contribution in [0.1, 0.15) is 41.5 Å². The minimum absolute atomic E-state index is 0.289. The number of carbonyl (C=O) groups is 1. The second-order valence-electron chi connectivity index (χ2n) is 7.13. The highest BCUT2D eigenvalue weighted by Crippen LogP contribution is 2.18. The summed E-state index contributed by atoms with van der Waals surface area (Å²) in [7, 11) is 1.87. The van der Waals surface area contributed by atoms with E-state index in [1.165, 1.54) is 0 Å². The smallest absolute Gasteiger partial charge is 0.410 e. The molecule has 120 valence electrons. The Kier molecular flexibility index (Phi) is 5.25. The minimum Gasteiger partial charge on any atom is -0.444 e. The Morgan fingerprint density at radius 2 is 1.95 bits per heavy atom. The second-order valence-corrected chi connectivity index (χ2v) is 7.13. The van der Waals surface area contributed by atoms with Crippen molar-refractivity contribution < 1.29 is 9.53 Å². The van der Waals surface area contributed by atoms with Gasteiger partial charge in [-0.2, -0.15) is 5.10 Å². The van der Waals surface area contributed by atoms with Gasteiger partial charge in [-0.15, -0.1) is 0 Å². The average molecular weight is 296 g/mol. The SMILES string of the molecule is Cn1cc(NCCN(C(=O)OC(C)(C)C)C(C)(C)C)cn1. The van der Waals surface area contributed by atoms with Crippen LogP contribution in [0.4, 0.5) is 10.5 Å². The normalized spacial score (nSPS) is 12.1. The summed E-state index contributed by atoms with van der Waals surface area (Å²) in [6.07, 6.45) is 3.37. The number of hydrogen-bond donors (Lipinski definition) is 1. The third-order valence-electron chi connectivity index (χ3n) is 2.79. The standard InChI is InChI=1S/C15H28N4O2/c1-14(2,3)19(13(20)21-15(4,5)6)9-8-16-12-10-17-18(7)11-12/h10-11,16H,8-9H2,1-7H3. The molecule has 0 saturated heterocycles. The van der Waals surface area contributed by atoms with E-state index >= 15 is 0 Å². The third kappa shape index (κ3) is 6.06. The van der Waals surface area contributed by atoms with Crippen molar-refractivity contribution in [1.29, 1.82) is 0 Å². The fraction of sp³-hybridized carbons (Fsp3) is 0.733. The highest BCUT2D eigenvalue weighted by Gasteiger charge is 2.30. The Morgan fingerprint density at radius 1 is 1.33 bits per heavy atom. The molecule has 21 heavy (non-hydrogen) atoms. The van der Waals surface area contributed by atoms with Gasteiger partial charge in [-0.1, -0.05) is 0 Å². The maximum atomic E-state index is 12.3. The molecule has 0 aliphatic carbocycles. The van der Waals surface area contributed by atoms with Gasteiger partial charge < -0.3 is 15.0 Å². The third-order valence-corrected chi connectivity index (χ3v) is 2.79. The summed E-state index contributed by atoms with van der Waals surface area (Å²) in [5.41, 5.74) is 0.159. The summed E-state index contributed by atoms with van der Waals surface area (Å²) < 4.78 is 7.21. The molecule has 0 fully saturated rings. The Morgan fingerprint density at radius 3 is 2.38 bits per heavy atom. The van der Waals surface area contributed by atoms with Crippen LogP contribution in [0.2, 0.25) is 0 Å². The molecule has 0 aliphatic rings. The molecule has 0 unspecified atom stereocenters. The number of rotatable bonds is 4. The van der Waals surface area contributed by atoms with Gasteiger partial charge in [0.2, 0.25) is 0 Å². The number of amides is 1. The molecule has 6 nitrogen and oxygen atoms in total. The first kappa shape index (κ1) is 17.3. The zero-order valence-corrected chi connectivity index (χ0v) is 14.2. The van der Waals surface area contributed by atoms with Gasteiger partial charge >= 0.3 is 6.09 Å². The molecule has 1 rings (SSSR count). The van der Waals surface area contributed by atoms with Crippen LogP contribution < -0.4 is 5.32 Å². The number of aryl methyl sites for hydroxylation is 1. The van der Waals surface area contributed by atoms with E-state index in [1.54, 1.807) is 15.8 Å². The highest BCUT2D eigenvalue weighted by molar-refractivity contribution is 5.69. The number of nitrogens with one attached hydrogen (secondary N) is 1. The van der Waals surface area contributed by atoms with Crippen molar-refractivity contribution in [3.63, 3.8) is 0 Å². The number of anilines is 1. The first-order valence-electron chi connectivity index (χ1n) is 7.22. The lowest BCUT2D eigenvalue weighted by Crippen LogP contribution is -2.49. The summed E-state index contributed by atoms with van der Waals surface area (Å²) in [5.74, 6) is 0. The fourth-order valence-electron chi connectivity index (χ4n) is 1.84. The molecule has 0 saturated carbocycles. The van der Waals surface area contributed by atoms with Gasteiger partial charge in [0.05, 0.1) is 11.9 Å². The van der Waals surface area contributed by atoms with Crippen molar-refractivity contribution in [1.82, 2.24) is 14.7 Å². The Labute approximate surface area is 127 Å². The first-order chi connectivity index (χ1) is 9.49. The van der Waals surface area contributed by atoms with Gasteiger partial charge in [-0.3, -0.25) is 4.68 Å². The zero-order chi connectivity index (χ0) is 16.3. The number of carbonyl (C=O) groups excluding carboxylic acids is 1. The number of aromatic nitrogens is 2. The predicted octanol–water partition coefficient (Wildman–Crippen LogP) is 2.87. The number of hydrogen-bond acceptors (Lipinski definition) is 4. The maximum Gasteiger partial charge on any atom is 0.410 e. The number of ether oxygens (including phenoxy) is 1. The summed E-state index contributed by atoms with van der Waals surface area (Å²) in [5, 5.41) is 7.35. The molecule has 0 bridgehead atoms. The maximum absolute atomic E-state index is 12.3. The predicted molar refractivity (Wildman–Crippen MR) is 84.4 cm³/mol. The first-order valence-corrected chi connectivity index (χ1v) is 7.22. The lowest BCUT2D eigenvalue weighted by molar-refractivity contribution is 0.00749. The number of nitrogens with zero attached hydrogens (tertiary/aromatic N) is 3. The van der Waals surface area contributed by atoms with Gasteiger partial charge in [0.15, 0.2) is 0 Å². The van der Waals surface area contributed by atoms with Gasteiger partial charge in [-0.05, 0) is 41.5 Å². The molecule has 1 aromatic heterocycles. The van der Waals surface area contributed by atoms with E-state index in [4.69, 9.17) is 4.74 Å². The molecule has 0 spiro atoms. The molecule has 6 heteroatoms. The van der Waals surface area contributed by atoms with Gasteiger partial charge in [0.25, 0.3) is 0 Å². The quantitative estimate of drug-likeness (QED) is 0.928. The average Bonchev–Trinajstić information content (AvgIpc) is 2.66. The minimum atomic E-state index is -0.489. The summed E-state index contributed by atoms with van der Waals surface area (Å²) >= 11 is 0. The lowest BCUT2D eigenvalue weighted by Gasteiger charge is -2.36. The molecular weight excluding hydrogens is 268 g/mol. The van der Waals surface area contributed by atoms with Crippen LogP contribution in [0.15, 0.2) is 12.4 Å². The van der Waals surface area contributed by atoms with Crippen molar-refractivity contribution in [3.8, 4) is 0 Å². The summed E-state index contributed by atoms with van der Waals surface area (Å²) in [4.78, 5) is 14.0.